The second kappa shape index (κ2) is 7.64. The van der Waals surface area contributed by atoms with Gasteiger partial charge in [0.1, 0.15) is 12.4 Å². The first-order valence-corrected chi connectivity index (χ1v) is 7.16. The summed E-state index contributed by atoms with van der Waals surface area (Å²) in [5.41, 5.74) is 1.54. The van der Waals surface area contributed by atoms with Crippen LogP contribution >= 0.6 is 0 Å². The Kier molecular flexibility index (Phi) is 5.57. The van der Waals surface area contributed by atoms with E-state index in [1.807, 2.05) is 12.1 Å². The van der Waals surface area contributed by atoms with E-state index in [1.54, 1.807) is 6.07 Å². The number of ketones is 1. The van der Waals surface area contributed by atoms with Crippen molar-refractivity contribution in [2.75, 3.05) is 38.1 Å². The van der Waals surface area contributed by atoms with Gasteiger partial charge in [0.25, 0.3) is 0 Å². The minimum Gasteiger partial charge on any atom is -0.490 e. The Morgan fingerprint density at radius 2 is 2.19 bits per heavy atom. The average molecular weight is 291 g/mol. The molecule has 0 bridgehead atoms. The Morgan fingerprint density at radius 3 is 3.00 bits per heavy atom. The summed E-state index contributed by atoms with van der Waals surface area (Å²) in [7, 11) is 0. The summed E-state index contributed by atoms with van der Waals surface area (Å²) >= 11 is 0. The molecule has 6 heteroatoms. The van der Waals surface area contributed by atoms with Crippen LogP contribution in [-0.4, -0.2) is 44.5 Å². The molecule has 1 aliphatic heterocycles. The van der Waals surface area contributed by atoms with Gasteiger partial charge in [-0.05, 0) is 31.2 Å². The van der Waals surface area contributed by atoms with Gasteiger partial charge in [0, 0.05) is 25.6 Å². The van der Waals surface area contributed by atoms with Crippen molar-refractivity contribution < 1.29 is 14.3 Å². The van der Waals surface area contributed by atoms with Crippen LogP contribution in [0.2, 0.25) is 0 Å². The van der Waals surface area contributed by atoms with E-state index >= 15 is 0 Å². The van der Waals surface area contributed by atoms with Gasteiger partial charge < -0.3 is 20.7 Å². The zero-order valence-corrected chi connectivity index (χ0v) is 12.2. The molecular weight excluding hydrogens is 270 g/mol. The highest BCUT2D eigenvalue weighted by Gasteiger charge is 2.13. The number of hydrogen-bond donors (Lipinski definition) is 3. The van der Waals surface area contributed by atoms with Gasteiger partial charge in [-0.2, -0.15) is 0 Å². The lowest BCUT2D eigenvalue weighted by molar-refractivity contribution is -0.118. The third-order valence-electron chi connectivity index (χ3n) is 3.17. The maximum Gasteiger partial charge on any atom is 0.216 e. The number of rotatable bonds is 7. The number of carbonyl (C=O) groups is 2. The van der Waals surface area contributed by atoms with E-state index in [0.29, 0.717) is 31.8 Å². The SMILES string of the molecule is CC(=O)NCCCNCC(=O)c1ccc2c(c1)NCCO2. The molecule has 0 atom stereocenters. The molecule has 0 saturated heterocycles. The van der Waals surface area contributed by atoms with E-state index in [4.69, 9.17) is 4.74 Å². The lowest BCUT2D eigenvalue weighted by atomic mass is 10.1. The predicted octanol–water partition coefficient (Wildman–Crippen LogP) is 0.789. The van der Waals surface area contributed by atoms with Gasteiger partial charge in [0.05, 0.1) is 12.2 Å². The highest BCUT2D eigenvalue weighted by atomic mass is 16.5. The first-order chi connectivity index (χ1) is 10.2. The number of ether oxygens (including phenoxy) is 1. The van der Waals surface area contributed by atoms with E-state index in [0.717, 1.165) is 24.4 Å². The predicted molar refractivity (Wildman–Crippen MR) is 80.9 cm³/mol. The molecule has 1 aromatic rings. The third kappa shape index (κ3) is 4.75. The summed E-state index contributed by atoms with van der Waals surface area (Å²) in [5, 5.41) is 9.01. The first kappa shape index (κ1) is 15.3. The molecule has 0 saturated carbocycles. The Morgan fingerprint density at radius 1 is 1.33 bits per heavy atom. The number of fused-ring (bicyclic) bond motifs is 1. The molecule has 0 aromatic heterocycles. The van der Waals surface area contributed by atoms with Gasteiger partial charge in [-0.25, -0.2) is 0 Å². The third-order valence-corrected chi connectivity index (χ3v) is 3.17. The highest BCUT2D eigenvalue weighted by molar-refractivity contribution is 5.98. The number of Topliss-reactive ketones (excluding diaryl/α,β-unsaturated/α-hetero) is 1. The number of benzene rings is 1. The lowest BCUT2D eigenvalue weighted by Gasteiger charge is -2.19. The van der Waals surface area contributed by atoms with Crippen molar-refractivity contribution in [1.29, 1.82) is 0 Å². The fourth-order valence-corrected chi connectivity index (χ4v) is 2.10. The maximum atomic E-state index is 12.1. The fraction of sp³-hybridized carbons (Fsp3) is 0.467. The Labute approximate surface area is 124 Å². The van der Waals surface area contributed by atoms with Gasteiger partial charge >= 0.3 is 0 Å². The van der Waals surface area contributed by atoms with Crippen LogP contribution in [0.5, 0.6) is 5.75 Å². The molecule has 0 aliphatic carbocycles. The summed E-state index contributed by atoms with van der Waals surface area (Å²) in [6.45, 7) is 4.50. The first-order valence-electron chi connectivity index (χ1n) is 7.16. The van der Waals surface area contributed by atoms with Crippen molar-refractivity contribution in [3.05, 3.63) is 23.8 Å². The summed E-state index contributed by atoms with van der Waals surface area (Å²) in [5.74, 6) is 0.806. The molecule has 0 spiro atoms. The van der Waals surface area contributed by atoms with Crippen molar-refractivity contribution in [2.24, 2.45) is 0 Å². The molecule has 1 aliphatic rings. The van der Waals surface area contributed by atoms with Crippen LogP contribution < -0.4 is 20.7 Å². The van der Waals surface area contributed by atoms with Crippen LogP contribution in [0.15, 0.2) is 18.2 Å². The molecular formula is C15H21N3O3. The largest absolute Gasteiger partial charge is 0.490 e. The van der Waals surface area contributed by atoms with E-state index < -0.39 is 0 Å². The van der Waals surface area contributed by atoms with Crippen LogP contribution in [0, 0.1) is 0 Å². The monoisotopic (exact) mass is 291 g/mol. The molecule has 0 radical (unpaired) electrons. The zero-order valence-electron chi connectivity index (χ0n) is 12.2. The average Bonchev–Trinajstić information content (AvgIpc) is 2.49. The van der Waals surface area contributed by atoms with Gasteiger partial charge in [-0.3, -0.25) is 9.59 Å². The van der Waals surface area contributed by atoms with E-state index in [9.17, 15) is 9.59 Å². The van der Waals surface area contributed by atoms with Crippen LogP contribution in [0.4, 0.5) is 5.69 Å². The van der Waals surface area contributed by atoms with Crippen LogP contribution in [0.3, 0.4) is 0 Å². The zero-order chi connectivity index (χ0) is 15.1. The van der Waals surface area contributed by atoms with Gasteiger partial charge in [-0.1, -0.05) is 0 Å². The molecule has 21 heavy (non-hydrogen) atoms. The summed E-state index contributed by atoms with van der Waals surface area (Å²) in [6, 6.07) is 5.44. The minimum absolute atomic E-state index is 0.0325. The van der Waals surface area contributed by atoms with Crippen molar-refractivity contribution in [2.45, 2.75) is 13.3 Å². The van der Waals surface area contributed by atoms with Gasteiger partial charge in [0.15, 0.2) is 5.78 Å². The number of nitrogens with one attached hydrogen (secondary N) is 3. The van der Waals surface area contributed by atoms with Crippen LogP contribution in [0.1, 0.15) is 23.7 Å². The molecule has 114 valence electrons. The molecule has 1 amide bonds. The molecule has 6 nitrogen and oxygen atoms in total. The smallest absolute Gasteiger partial charge is 0.216 e. The summed E-state index contributed by atoms with van der Waals surface area (Å²) < 4.78 is 5.48. The summed E-state index contributed by atoms with van der Waals surface area (Å²) in [6.07, 6.45) is 0.798. The van der Waals surface area contributed by atoms with Crippen molar-refractivity contribution >= 4 is 17.4 Å². The molecule has 3 N–H and O–H groups in total. The number of anilines is 1. The quantitative estimate of drug-likeness (QED) is 0.511. The second-order valence-electron chi connectivity index (χ2n) is 4.92. The van der Waals surface area contributed by atoms with Crippen molar-refractivity contribution in [1.82, 2.24) is 10.6 Å². The molecule has 2 rings (SSSR count). The van der Waals surface area contributed by atoms with Gasteiger partial charge in [-0.15, -0.1) is 0 Å². The highest BCUT2D eigenvalue weighted by Crippen LogP contribution is 2.28. The minimum atomic E-state index is -0.0325. The van der Waals surface area contributed by atoms with E-state index in [-0.39, 0.29) is 11.7 Å². The van der Waals surface area contributed by atoms with Crippen LogP contribution in [-0.2, 0) is 4.79 Å². The second-order valence-corrected chi connectivity index (χ2v) is 4.92. The van der Waals surface area contributed by atoms with Crippen molar-refractivity contribution in [3.63, 3.8) is 0 Å². The molecule has 1 heterocycles. The Hall–Kier alpha value is -2.08. The molecule has 1 aromatic carbocycles. The van der Waals surface area contributed by atoms with Crippen molar-refractivity contribution in [3.8, 4) is 5.75 Å². The Bertz CT molecular complexity index is 517. The fourth-order valence-electron chi connectivity index (χ4n) is 2.10. The standard InChI is InChI=1S/C15H21N3O3/c1-11(19)17-6-2-5-16-10-14(20)12-3-4-15-13(9-12)18-7-8-21-15/h3-4,9,16,18H,2,5-8,10H2,1H3,(H,17,19). The van der Waals surface area contributed by atoms with Gasteiger partial charge in [0.2, 0.25) is 5.91 Å². The lowest BCUT2D eigenvalue weighted by Crippen LogP contribution is -2.28. The number of amides is 1. The maximum absolute atomic E-state index is 12.1. The molecule has 0 fully saturated rings. The summed E-state index contributed by atoms with van der Waals surface area (Å²) in [4.78, 5) is 22.8. The number of carbonyl (C=O) groups excluding carboxylic acids is 2. The number of hydrogen-bond acceptors (Lipinski definition) is 5. The van der Waals surface area contributed by atoms with Crippen LogP contribution in [0.25, 0.3) is 0 Å². The van der Waals surface area contributed by atoms with E-state index in [2.05, 4.69) is 16.0 Å². The van der Waals surface area contributed by atoms with E-state index in [1.165, 1.54) is 6.92 Å². The normalized spacial score (nSPS) is 12.8. The topological polar surface area (TPSA) is 79.5 Å². The molecule has 0 unspecified atom stereocenters. The Balaban J connectivity index is 1.74.